The SMILES string of the molecule is C[C@@H]1CN(C(=O)NCCNS(=O)(=O)c2cccnc2)Cc2ccccc2O1. The molecule has 0 saturated carbocycles. The highest BCUT2D eigenvalue weighted by atomic mass is 32.2. The summed E-state index contributed by atoms with van der Waals surface area (Å²) in [5.41, 5.74) is 0.939. The van der Waals surface area contributed by atoms with Gasteiger partial charge >= 0.3 is 6.03 Å². The van der Waals surface area contributed by atoms with E-state index in [2.05, 4.69) is 15.0 Å². The second-order valence-electron chi connectivity index (χ2n) is 6.24. The zero-order valence-electron chi connectivity index (χ0n) is 15.0. The number of sulfonamides is 1. The first-order chi connectivity index (χ1) is 13.0. The predicted octanol–water partition coefficient (Wildman–Crippen LogP) is 1.35. The van der Waals surface area contributed by atoms with Gasteiger partial charge in [-0.2, -0.15) is 0 Å². The highest BCUT2D eigenvalue weighted by Crippen LogP contribution is 2.24. The summed E-state index contributed by atoms with van der Waals surface area (Å²) in [7, 11) is -3.64. The average molecular weight is 390 g/mol. The van der Waals surface area contributed by atoms with Crippen molar-refractivity contribution in [1.82, 2.24) is 19.9 Å². The number of nitrogens with one attached hydrogen (secondary N) is 2. The van der Waals surface area contributed by atoms with E-state index >= 15 is 0 Å². The fourth-order valence-electron chi connectivity index (χ4n) is 2.79. The fraction of sp³-hybridized carbons (Fsp3) is 0.333. The Hall–Kier alpha value is -2.65. The molecule has 3 rings (SSSR count). The van der Waals surface area contributed by atoms with Crippen LogP contribution in [0.3, 0.4) is 0 Å². The molecule has 27 heavy (non-hydrogen) atoms. The topological polar surface area (TPSA) is 101 Å². The molecule has 2 amide bonds. The molecule has 1 aliphatic rings. The van der Waals surface area contributed by atoms with E-state index in [-0.39, 0.29) is 30.1 Å². The van der Waals surface area contributed by atoms with Gasteiger partial charge in [0.1, 0.15) is 16.7 Å². The third kappa shape index (κ3) is 4.95. The quantitative estimate of drug-likeness (QED) is 0.751. The van der Waals surface area contributed by atoms with Gasteiger partial charge in [0.05, 0.1) is 13.1 Å². The summed E-state index contributed by atoms with van der Waals surface area (Å²) in [5.74, 6) is 0.782. The van der Waals surface area contributed by atoms with Crippen molar-refractivity contribution in [1.29, 1.82) is 0 Å². The minimum Gasteiger partial charge on any atom is -0.489 e. The van der Waals surface area contributed by atoms with Crippen LogP contribution in [0, 0.1) is 0 Å². The number of para-hydroxylation sites is 1. The molecule has 2 aromatic rings. The summed E-state index contributed by atoms with van der Waals surface area (Å²) in [4.78, 5) is 18.0. The Morgan fingerprint density at radius 1 is 1.26 bits per heavy atom. The smallest absolute Gasteiger partial charge is 0.317 e. The predicted molar refractivity (Wildman–Crippen MR) is 99.8 cm³/mol. The molecule has 8 nitrogen and oxygen atoms in total. The maximum Gasteiger partial charge on any atom is 0.317 e. The van der Waals surface area contributed by atoms with Gasteiger partial charge in [-0.3, -0.25) is 4.98 Å². The second kappa shape index (κ2) is 8.36. The molecule has 1 atom stereocenters. The average Bonchev–Trinajstić information content (AvgIpc) is 2.83. The van der Waals surface area contributed by atoms with Gasteiger partial charge in [0, 0.05) is 31.0 Å². The molecule has 144 valence electrons. The van der Waals surface area contributed by atoms with Crippen molar-refractivity contribution in [3.05, 3.63) is 54.4 Å². The van der Waals surface area contributed by atoms with E-state index in [0.717, 1.165) is 11.3 Å². The van der Waals surface area contributed by atoms with Gasteiger partial charge in [-0.15, -0.1) is 0 Å². The van der Waals surface area contributed by atoms with Crippen LogP contribution in [0.5, 0.6) is 5.75 Å². The first kappa shape index (κ1) is 19.1. The van der Waals surface area contributed by atoms with E-state index in [9.17, 15) is 13.2 Å². The molecule has 0 spiro atoms. The molecule has 0 fully saturated rings. The van der Waals surface area contributed by atoms with Crippen molar-refractivity contribution in [3.8, 4) is 5.75 Å². The number of urea groups is 1. The number of ether oxygens (including phenoxy) is 1. The summed E-state index contributed by atoms with van der Waals surface area (Å²) in [6.07, 6.45) is 2.64. The summed E-state index contributed by atoms with van der Waals surface area (Å²) < 4.78 is 32.5. The van der Waals surface area contributed by atoms with E-state index in [4.69, 9.17) is 4.74 Å². The van der Waals surface area contributed by atoms with Crippen LogP contribution in [0.1, 0.15) is 12.5 Å². The molecule has 2 N–H and O–H groups in total. The zero-order chi connectivity index (χ0) is 19.3. The van der Waals surface area contributed by atoms with Gasteiger partial charge in [-0.05, 0) is 25.1 Å². The van der Waals surface area contributed by atoms with E-state index in [0.29, 0.717) is 13.1 Å². The van der Waals surface area contributed by atoms with Crippen molar-refractivity contribution >= 4 is 16.1 Å². The van der Waals surface area contributed by atoms with Crippen molar-refractivity contribution in [2.75, 3.05) is 19.6 Å². The zero-order valence-corrected chi connectivity index (χ0v) is 15.8. The van der Waals surface area contributed by atoms with Crippen molar-refractivity contribution in [3.63, 3.8) is 0 Å². The number of nitrogens with zero attached hydrogens (tertiary/aromatic N) is 2. The Morgan fingerprint density at radius 2 is 2.07 bits per heavy atom. The molecular formula is C18H22N4O4S. The highest BCUT2D eigenvalue weighted by molar-refractivity contribution is 7.89. The molecule has 2 heterocycles. The normalized spacial score (nSPS) is 16.8. The molecule has 0 bridgehead atoms. The third-order valence-electron chi connectivity index (χ3n) is 4.06. The Balaban J connectivity index is 1.52. The number of aromatic nitrogens is 1. The van der Waals surface area contributed by atoms with Crippen LogP contribution in [-0.2, 0) is 16.6 Å². The lowest BCUT2D eigenvalue weighted by Crippen LogP contribution is -2.44. The summed E-state index contributed by atoms with van der Waals surface area (Å²) in [5, 5.41) is 2.74. The molecule has 9 heteroatoms. The number of carbonyl (C=O) groups excluding carboxylic acids is 1. The Morgan fingerprint density at radius 3 is 2.85 bits per heavy atom. The molecule has 1 aliphatic heterocycles. The maximum absolute atomic E-state index is 12.5. The van der Waals surface area contributed by atoms with Gasteiger partial charge in [0.2, 0.25) is 10.0 Å². The van der Waals surface area contributed by atoms with E-state index < -0.39 is 10.0 Å². The van der Waals surface area contributed by atoms with Crippen molar-refractivity contribution in [2.45, 2.75) is 24.5 Å². The van der Waals surface area contributed by atoms with E-state index in [1.807, 2.05) is 31.2 Å². The minimum absolute atomic E-state index is 0.0828. The van der Waals surface area contributed by atoms with Crippen LogP contribution in [0.25, 0.3) is 0 Å². The molecule has 1 aromatic heterocycles. The highest BCUT2D eigenvalue weighted by Gasteiger charge is 2.23. The fourth-order valence-corrected chi connectivity index (χ4v) is 3.79. The Bertz CT molecular complexity index is 889. The molecule has 0 saturated heterocycles. The Labute approximate surface area is 158 Å². The van der Waals surface area contributed by atoms with Gasteiger partial charge in [0.25, 0.3) is 0 Å². The molecule has 1 aromatic carbocycles. The standard InChI is InChI=1S/C18H22N4O4S/c1-14-12-22(13-15-5-2-3-7-17(15)26-14)18(23)20-9-10-21-27(24,25)16-6-4-8-19-11-16/h2-8,11,14,21H,9-10,12-13H2,1H3,(H,20,23)/t14-/m1/s1. The van der Waals surface area contributed by atoms with E-state index in [1.54, 1.807) is 11.0 Å². The molecule has 0 aliphatic carbocycles. The van der Waals surface area contributed by atoms with Gasteiger partial charge in [-0.25, -0.2) is 17.9 Å². The lowest BCUT2D eigenvalue weighted by atomic mass is 10.2. The summed E-state index contributed by atoms with van der Waals surface area (Å²) in [6, 6.07) is 10.4. The number of carbonyl (C=O) groups is 1. The Kier molecular flexibility index (Phi) is 5.92. The molecule has 0 unspecified atom stereocenters. The number of pyridine rings is 1. The van der Waals surface area contributed by atoms with Gasteiger partial charge < -0.3 is 15.0 Å². The number of amides is 2. The lowest BCUT2D eigenvalue weighted by Gasteiger charge is -2.22. The van der Waals surface area contributed by atoms with Crippen molar-refractivity contribution in [2.24, 2.45) is 0 Å². The van der Waals surface area contributed by atoms with Crippen LogP contribution < -0.4 is 14.8 Å². The van der Waals surface area contributed by atoms with Crippen LogP contribution >= 0.6 is 0 Å². The largest absolute Gasteiger partial charge is 0.489 e. The van der Waals surface area contributed by atoms with Crippen LogP contribution in [0.4, 0.5) is 4.79 Å². The van der Waals surface area contributed by atoms with Gasteiger partial charge in [-0.1, -0.05) is 18.2 Å². The number of hydrogen-bond acceptors (Lipinski definition) is 5. The second-order valence-corrected chi connectivity index (χ2v) is 8.00. The number of benzene rings is 1. The minimum atomic E-state index is -3.64. The first-order valence-electron chi connectivity index (χ1n) is 8.63. The monoisotopic (exact) mass is 390 g/mol. The molecule has 0 radical (unpaired) electrons. The number of hydrogen-bond donors (Lipinski definition) is 2. The number of rotatable bonds is 5. The lowest BCUT2D eigenvalue weighted by molar-refractivity contribution is 0.158. The van der Waals surface area contributed by atoms with Crippen LogP contribution in [0.2, 0.25) is 0 Å². The maximum atomic E-state index is 12.5. The summed E-state index contributed by atoms with van der Waals surface area (Å²) in [6.45, 7) is 3.05. The number of fused-ring (bicyclic) bond motifs is 1. The first-order valence-corrected chi connectivity index (χ1v) is 10.1. The molecular weight excluding hydrogens is 368 g/mol. The van der Waals surface area contributed by atoms with Crippen LogP contribution in [-0.4, -0.2) is 50.1 Å². The van der Waals surface area contributed by atoms with Gasteiger partial charge in [0.15, 0.2) is 0 Å². The third-order valence-corrected chi connectivity index (χ3v) is 5.51. The van der Waals surface area contributed by atoms with Crippen molar-refractivity contribution < 1.29 is 17.9 Å². The van der Waals surface area contributed by atoms with E-state index in [1.165, 1.54) is 18.5 Å². The summed E-state index contributed by atoms with van der Waals surface area (Å²) >= 11 is 0. The van der Waals surface area contributed by atoms with Crippen LogP contribution in [0.15, 0.2) is 53.7 Å².